The maximum Gasteiger partial charge on any atom is 0.410 e. The second-order valence-corrected chi connectivity index (χ2v) is 11.6. The highest BCUT2D eigenvalue weighted by Gasteiger charge is 2.50. The summed E-state index contributed by atoms with van der Waals surface area (Å²) in [6, 6.07) is 9.01. The molecule has 37 heavy (non-hydrogen) atoms. The van der Waals surface area contributed by atoms with Crippen molar-refractivity contribution in [2.24, 2.45) is 11.3 Å². The van der Waals surface area contributed by atoms with Crippen molar-refractivity contribution in [3.8, 4) is 6.07 Å². The molecule has 1 amide bonds. The Labute approximate surface area is 223 Å². The fourth-order valence-corrected chi connectivity index (χ4v) is 5.05. The highest BCUT2D eigenvalue weighted by atomic mass is 16.6. The van der Waals surface area contributed by atoms with Gasteiger partial charge in [-0.25, -0.2) is 4.79 Å². The van der Waals surface area contributed by atoms with Crippen LogP contribution in [0.3, 0.4) is 0 Å². The van der Waals surface area contributed by atoms with Crippen LogP contribution in [0.4, 0.5) is 16.2 Å². The van der Waals surface area contributed by atoms with Gasteiger partial charge in [-0.2, -0.15) is 5.26 Å². The Morgan fingerprint density at radius 2 is 2.03 bits per heavy atom. The van der Waals surface area contributed by atoms with E-state index in [4.69, 9.17) is 4.74 Å². The van der Waals surface area contributed by atoms with Crippen molar-refractivity contribution >= 4 is 17.5 Å². The maximum absolute atomic E-state index is 12.5. The molecule has 1 spiro atoms. The van der Waals surface area contributed by atoms with Crippen molar-refractivity contribution in [2.75, 3.05) is 50.1 Å². The molecule has 1 aromatic carbocycles. The van der Waals surface area contributed by atoms with Gasteiger partial charge >= 0.3 is 6.09 Å². The molecular formula is C29H44N6O2. The summed E-state index contributed by atoms with van der Waals surface area (Å²) in [6.07, 6.45) is 6.58. The fourth-order valence-electron chi connectivity index (χ4n) is 5.05. The van der Waals surface area contributed by atoms with Crippen LogP contribution in [0.15, 0.2) is 43.4 Å². The summed E-state index contributed by atoms with van der Waals surface area (Å²) in [5.74, 6) is -0.142. The molecular weight excluding hydrogens is 464 g/mol. The minimum atomic E-state index is -0.475. The van der Waals surface area contributed by atoms with Gasteiger partial charge in [-0.1, -0.05) is 6.58 Å². The van der Waals surface area contributed by atoms with E-state index < -0.39 is 5.60 Å². The van der Waals surface area contributed by atoms with E-state index in [2.05, 4.69) is 57.8 Å². The lowest BCUT2D eigenvalue weighted by Crippen LogP contribution is -2.60. The van der Waals surface area contributed by atoms with Crippen molar-refractivity contribution < 1.29 is 9.53 Å². The standard InChI is InChI=1S/C29H44N6O2/c1-9-32(8)18-24-16-25(10-11-26(24)35(15-13-31-7)23(3)22(2)17-30)33-14-12-29(19-33)20-34(21-29)27(36)37-28(4,5)6/h9-11,13,15-16,22-23,31H,1,12,14,18-21H2,2-8H3/b15-13-/t22?,23-/m0/s1. The van der Waals surface area contributed by atoms with E-state index in [0.29, 0.717) is 6.54 Å². The van der Waals surface area contributed by atoms with Gasteiger partial charge in [0.05, 0.1) is 12.0 Å². The van der Waals surface area contributed by atoms with E-state index in [9.17, 15) is 10.1 Å². The molecule has 2 aliphatic rings. The van der Waals surface area contributed by atoms with Gasteiger partial charge in [0.25, 0.3) is 0 Å². The SMILES string of the molecule is C=CN(C)Cc1cc(N2CCC3(CN(C(=O)OC(C)(C)C)C3)C2)ccc1N(/C=C\NC)[C@@H](C)C(C)C#N. The number of carbonyl (C=O) groups excluding carboxylic acids is 1. The first-order chi connectivity index (χ1) is 17.4. The number of nitrogens with one attached hydrogen (secondary N) is 1. The molecule has 2 fully saturated rings. The van der Waals surface area contributed by atoms with Gasteiger partial charge in [-0.15, -0.1) is 0 Å². The average Bonchev–Trinajstić information content (AvgIpc) is 3.28. The summed E-state index contributed by atoms with van der Waals surface area (Å²) >= 11 is 0. The number of benzene rings is 1. The molecule has 2 heterocycles. The van der Waals surface area contributed by atoms with E-state index in [1.54, 1.807) is 0 Å². The number of nitrogens with zero attached hydrogens (tertiary/aromatic N) is 5. The fraction of sp³-hybridized carbons (Fsp3) is 0.586. The summed E-state index contributed by atoms with van der Waals surface area (Å²) in [4.78, 5) is 21.0. The van der Waals surface area contributed by atoms with Crippen LogP contribution in [0.5, 0.6) is 0 Å². The van der Waals surface area contributed by atoms with Crippen molar-refractivity contribution in [2.45, 2.75) is 59.2 Å². The number of nitriles is 1. The zero-order valence-corrected chi connectivity index (χ0v) is 23.6. The molecule has 0 aliphatic carbocycles. The van der Waals surface area contributed by atoms with Crippen LogP contribution in [0.25, 0.3) is 0 Å². The molecule has 1 aromatic rings. The molecule has 202 valence electrons. The van der Waals surface area contributed by atoms with E-state index in [1.165, 1.54) is 11.3 Å². The minimum Gasteiger partial charge on any atom is -0.444 e. The first-order valence-electron chi connectivity index (χ1n) is 13.1. The quantitative estimate of drug-likeness (QED) is 0.516. The molecule has 8 nitrogen and oxygen atoms in total. The van der Waals surface area contributed by atoms with Crippen LogP contribution in [-0.2, 0) is 11.3 Å². The highest BCUT2D eigenvalue weighted by molar-refractivity contribution is 5.70. The molecule has 0 saturated carbocycles. The second-order valence-electron chi connectivity index (χ2n) is 11.6. The first kappa shape index (κ1) is 28.2. The van der Waals surface area contributed by atoms with E-state index in [0.717, 1.165) is 38.3 Å². The predicted octanol–water partition coefficient (Wildman–Crippen LogP) is 4.75. The zero-order chi connectivity index (χ0) is 27.4. The number of likely N-dealkylation sites (tertiary alicyclic amines) is 1. The number of ether oxygens (including phenoxy) is 1. The van der Waals surface area contributed by atoms with Crippen LogP contribution in [0.1, 0.15) is 46.6 Å². The highest BCUT2D eigenvalue weighted by Crippen LogP contribution is 2.42. The summed E-state index contributed by atoms with van der Waals surface area (Å²) in [5, 5.41) is 12.7. The summed E-state index contributed by atoms with van der Waals surface area (Å²) in [7, 11) is 3.89. The third-order valence-electron chi connectivity index (χ3n) is 7.35. The third kappa shape index (κ3) is 6.71. The zero-order valence-electron chi connectivity index (χ0n) is 23.6. The Morgan fingerprint density at radius 3 is 2.62 bits per heavy atom. The van der Waals surface area contributed by atoms with Crippen molar-refractivity contribution in [1.29, 1.82) is 5.26 Å². The number of rotatable bonds is 9. The first-order valence-corrected chi connectivity index (χ1v) is 13.1. The number of hydrogen-bond acceptors (Lipinski definition) is 7. The lowest BCUT2D eigenvalue weighted by atomic mass is 9.79. The largest absolute Gasteiger partial charge is 0.444 e. The number of amides is 1. The third-order valence-corrected chi connectivity index (χ3v) is 7.35. The van der Waals surface area contributed by atoms with Crippen LogP contribution < -0.4 is 15.1 Å². The normalized spacial score (nSPS) is 18.2. The Morgan fingerprint density at radius 1 is 1.32 bits per heavy atom. The van der Waals surface area contributed by atoms with E-state index >= 15 is 0 Å². The number of carbonyl (C=O) groups is 1. The summed E-state index contributed by atoms with van der Waals surface area (Å²) in [6.45, 7) is 17.8. The van der Waals surface area contributed by atoms with Gasteiger partial charge in [0.1, 0.15) is 5.60 Å². The van der Waals surface area contributed by atoms with Crippen LogP contribution >= 0.6 is 0 Å². The Bertz CT molecular complexity index is 1030. The lowest BCUT2D eigenvalue weighted by molar-refractivity contribution is -0.0266. The molecule has 2 saturated heterocycles. The van der Waals surface area contributed by atoms with Gasteiger partial charge in [-0.3, -0.25) is 0 Å². The second kappa shape index (κ2) is 11.4. The van der Waals surface area contributed by atoms with E-state index in [-0.39, 0.29) is 23.5 Å². The molecule has 0 bridgehead atoms. The van der Waals surface area contributed by atoms with Gasteiger partial charge in [0, 0.05) is 82.1 Å². The molecule has 0 radical (unpaired) electrons. The smallest absolute Gasteiger partial charge is 0.410 e. The van der Waals surface area contributed by atoms with Crippen LogP contribution in [0.2, 0.25) is 0 Å². The topological polar surface area (TPSA) is 75.1 Å². The van der Waals surface area contributed by atoms with Gasteiger partial charge in [0.15, 0.2) is 0 Å². The number of anilines is 2. The van der Waals surface area contributed by atoms with Gasteiger partial charge in [0.2, 0.25) is 0 Å². The van der Waals surface area contributed by atoms with E-state index in [1.807, 2.05) is 65.3 Å². The van der Waals surface area contributed by atoms with Gasteiger partial charge < -0.3 is 29.7 Å². The number of hydrogen-bond donors (Lipinski definition) is 1. The Kier molecular flexibility index (Phi) is 8.68. The molecule has 1 N–H and O–H groups in total. The average molecular weight is 509 g/mol. The van der Waals surface area contributed by atoms with Crippen molar-refractivity contribution in [1.82, 2.24) is 15.1 Å². The van der Waals surface area contributed by atoms with Gasteiger partial charge in [-0.05, 0) is 71.0 Å². The predicted molar refractivity (Wildman–Crippen MR) is 150 cm³/mol. The molecule has 2 aliphatic heterocycles. The molecule has 0 aromatic heterocycles. The minimum absolute atomic E-state index is 0.00268. The molecule has 2 atom stereocenters. The molecule has 1 unspecified atom stereocenters. The maximum atomic E-state index is 12.5. The summed E-state index contributed by atoms with van der Waals surface area (Å²) < 4.78 is 5.55. The molecule has 3 rings (SSSR count). The Hall–Kier alpha value is -3.34. The van der Waals surface area contributed by atoms with Crippen LogP contribution in [-0.4, -0.2) is 67.8 Å². The van der Waals surface area contributed by atoms with Crippen molar-refractivity contribution in [3.05, 3.63) is 48.9 Å². The Balaban J connectivity index is 1.82. The summed E-state index contributed by atoms with van der Waals surface area (Å²) in [5.41, 5.74) is 3.08. The molecule has 8 heteroatoms. The van der Waals surface area contributed by atoms with Crippen LogP contribution in [0, 0.1) is 22.7 Å². The van der Waals surface area contributed by atoms with Crippen molar-refractivity contribution in [3.63, 3.8) is 0 Å². The lowest BCUT2D eigenvalue weighted by Gasteiger charge is -2.47. The monoisotopic (exact) mass is 508 g/mol.